The smallest absolute Gasteiger partial charge is 0.406 e. The van der Waals surface area contributed by atoms with Crippen LogP contribution in [0.2, 0.25) is 0 Å². The lowest BCUT2D eigenvalue weighted by atomic mass is 9.79. The van der Waals surface area contributed by atoms with E-state index < -0.39 is 6.36 Å². The van der Waals surface area contributed by atoms with Crippen molar-refractivity contribution in [2.45, 2.75) is 33.1 Å². The average molecular weight is 378 g/mol. The molecule has 1 aliphatic carbocycles. The summed E-state index contributed by atoms with van der Waals surface area (Å²) in [6.45, 7) is 3.98. The van der Waals surface area contributed by atoms with Gasteiger partial charge in [0.2, 0.25) is 0 Å². The molecule has 0 saturated carbocycles. The summed E-state index contributed by atoms with van der Waals surface area (Å²) in [5, 5.41) is 3.08. The summed E-state index contributed by atoms with van der Waals surface area (Å²) in [6, 6.07) is 5.39. The quantitative estimate of drug-likeness (QED) is 0.805. The number of halogens is 4. The topological polar surface area (TPSA) is 38.3 Å². The highest BCUT2D eigenvalue weighted by atomic mass is 79.9. The number of hydrogen-bond donors (Lipinski definition) is 1. The molecule has 0 saturated heterocycles. The first kappa shape index (κ1) is 16.9. The van der Waals surface area contributed by atoms with Gasteiger partial charge >= 0.3 is 6.36 Å². The molecule has 0 spiro atoms. The van der Waals surface area contributed by atoms with Gasteiger partial charge in [-0.05, 0) is 52.0 Å². The number of carbonyl (C=O) groups excluding carboxylic acids is 1. The molecule has 0 heterocycles. The summed E-state index contributed by atoms with van der Waals surface area (Å²) >= 11 is 3.28. The lowest BCUT2D eigenvalue weighted by Crippen LogP contribution is -2.26. The summed E-state index contributed by atoms with van der Waals surface area (Å²) in [4.78, 5) is 11.9. The fourth-order valence-corrected chi connectivity index (χ4v) is 2.69. The number of ketones is 1. The minimum absolute atomic E-state index is 0.00998. The van der Waals surface area contributed by atoms with E-state index in [2.05, 4.69) is 26.0 Å². The second-order valence-electron chi connectivity index (χ2n) is 5.93. The lowest BCUT2D eigenvalue weighted by Gasteiger charge is -2.31. The van der Waals surface area contributed by atoms with Crippen LogP contribution >= 0.6 is 15.9 Å². The molecule has 1 aliphatic rings. The molecule has 120 valence electrons. The van der Waals surface area contributed by atoms with E-state index in [1.807, 2.05) is 13.8 Å². The summed E-state index contributed by atoms with van der Waals surface area (Å²) in [7, 11) is 0. The summed E-state index contributed by atoms with van der Waals surface area (Å²) in [5.74, 6) is -0.276. The molecule has 1 aromatic rings. The molecular weight excluding hydrogens is 363 g/mol. The highest BCUT2D eigenvalue weighted by Gasteiger charge is 2.32. The molecule has 0 radical (unpaired) electrons. The van der Waals surface area contributed by atoms with Gasteiger partial charge in [0.1, 0.15) is 5.75 Å². The predicted octanol–water partition coefficient (Wildman–Crippen LogP) is 4.99. The number of carbonyl (C=O) groups is 1. The zero-order valence-corrected chi connectivity index (χ0v) is 13.6. The second kappa shape index (κ2) is 5.95. The van der Waals surface area contributed by atoms with Crippen molar-refractivity contribution in [1.29, 1.82) is 0 Å². The number of allylic oxidation sites excluding steroid dienone is 2. The van der Waals surface area contributed by atoms with Crippen molar-refractivity contribution in [1.82, 2.24) is 0 Å². The van der Waals surface area contributed by atoms with Gasteiger partial charge in [0, 0.05) is 17.8 Å². The number of Topliss-reactive ketones (excluding diaryl/α,β-unsaturated/α-hetero) is 1. The molecule has 22 heavy (non-hydrogen) atoms. The fourth-order valence-electron chi connectivity index (χ4n) is 2.31. The van der Waals surface area contributed by atoms with Crippen molar-refractivity contribution in [2.24, 2.45) is 5.41 Å². The maximum Gasteiger partial charge on any atom is 0.573 e. The van der Waals surface area contributed by atoms with Crippen LogP contribution < -0.4 is 10.1 Å². The maximum atomic E-state index is 12.1. The normalized spacial score (nSPS) is 18.4. The number of hydrogen-bond acceptors (Lipinski definition) is 3. The molecule has 0 aromatic heterocycles. The Morgan fingerprint density at radius 3 is 2.32 bits per heavy atom. The van der Waals surface area contributed by atoms with Gasteiger partial charge < -0.3 is 10.1 Å². The zero-order valence-electron chi connectivity index (χ0n) is 12.1. The van der Waals surface area contributed by atoms with Crippen LogP contribution in [-0.2, 0) is 4.79 Å². The predicted molar refractivity (Wildman–Crippen MR) is 80.7 cm³/mol. The first-order chi connectivity index (χ1) is 10.1. The minimum atomic E-state index is -4.71. The maximum absolute atomic E-state index is 12.1. The Labute approximate surface area is 134 Å². The average Bonchev–Trinajstić information content (AvgIpc) is 2.35. The third-order valence-corrected chi connectivity index (χ3v) is 4.11. The summed E-state index contributed by atoms with van der Waals surface area (Å²) < 4.78 is 40.6. The van der Waals surface area contributed by atoms with E-state index in [0.29, 0.717) is 23.0 Å². The van der Waals surface area contributed by atoms with Crippen LogP contribution in [0.1, 0.15) is 26.7 Å². The fraction of sp³-hybridized carbons (Fsp3) is 0.400. The molecular formula is C15H15BrF3NO2. The van der Waals surface area contributed by atoms with Crippen molar-refractivity contribution >= 4 is 27.4 Å². The number of ether oxygens (including phenoxy) is 1. The Bertz CT molecular complexity index is 606. The first-order valence-corrected chi connectivity index (χ1v) is 7.40. The van der Waals surface area contributed by atoms with Crippen LogP contribution in [0.3, 0.4) is 0 Å². The molecule has 0 aliphatic heterocycles. The van der Waals surface area contributed by atoms with Crippen LogP contribution in [0.25, 0.3) is 0 Å². The molecule has 0 amide bonds. The first-order valence-electron chi connectivity index (χ1n) is 6.60. The van der Waals surface area contributed by atoms with Gasteiger partial charge in [0.25, 0.3) is 0 Å². The van der Waals surface area contributed by atoms with Crippen LogP contribution in [0.5, 0.6) is 5.75 Å². The molecule has 0 fully saturated rings. The Kier molecular flexibility index (Phi) is 4.56. The van der Waals surface area contributed by atoms with Crippen LogP contribution in [-0.4, -0.2) is 12.1 Å². The molecule has 1 N–H and O–H groups in total. The van der Waals surface area contributed by atoms with Crippen molar-refractivity contribution < 1.29 is 22.7 Å². The molecule has 0 unspecified atom stereocenters. The third kappa shape index (κ3) is 4.50. The minimum Gasteiger partial charge on any atom is -0.406 e. The SMILES string of the molecule is CC1(C)CC(=O)C(Br)=C(Nc2ccc(OC(F)(F)F)cc2)C1. The number of anilines is 1. The van der Waals surface area contributed by atoms with E-state index in [9.17, 15) is 18.0 Å². The van der Waals surface area contributed by atoms with Crippen molar-refractivity contribution in [3.8, 4) is 5.75 Å². The van der Waals surface area contributed by atoms with Crippen molar-refractivity contribution in [3.05, 3.63) is 34.4 Å². The van der Waals surface area contributed by atoms with Gasteiger partial charge in [-0.15, -0.1) is 13.2 Å². The number of nitrogens with one attached hydrogen (secondary N) is 1. The summed E-state index contributed by atoms with van der Waals surface area (Å²) in [6.07, 6.45) is -3.59. The van der Waals surface area contributed by atoms with Crippen LogP contribution in [0.4, 0.5) is 18.9 Å². The van der Waals surface area contributed by atoms with Gasteiger partial charge in [0.15, 0.2) is 5.78 Å². The molecule has 1 aromatic carbocycles. The number of alkyl halides is 3. The van der Waals surface area contributed by atoms with E-state index in [4.69, 9.17) is 0 Å². The van der Waals surface area contributed by atoms with E-state index in [-0.39, 0.29) is 16.9 Å². The Morgan fingerprint density at radius 1 is 1.18 bits per heavy atom. The van der Waals surface area contributed by atoms with Gasteiger partial charge in [-0.3, -0.25) is 4.79 Å². The van der Waals surface area contributed by atoms with Gasteiger partial charge in [-0.25, -0.2) is 0 Å². The molecule has 0 bridgehead atoms. The number of rotatable bonds is 3. The zero-order chi connectivity index (χ0) is 16.5. The molecule has 3 nitrogen and oxygen atoms in total. The van der Waals surface area contributed by atoms with E-state index >= 15 is 0 Å². The molecule has 2 rings (SSSR count). The lowest BCUT2D eigenvalue weighted by molar-refractivity contribution is -0.274. The van der Waals surface area contributed by atoms with Gasteiger partial charge in [0.05, 0.1) is 4.48 Å². The van der Waals surface area contributed by atoms with Crippen molar-refractivity contribution in [3.63, 3.8) is 0 Å². The largest absolute Gasteiger partial charge is 0.573 e. The standard InChI is InChI=1S/C15H15BrF3NO2/c1-14(2)7-11(13(16)12(21)8-14)20-9-3-5-10(6-4-9)22-15(17,18)19/h3-6,20H,7-8H2,1-2H3. The highest BCUT2D eigenvalue weighted by Crippen LogP contribution is 2.39. The Morgan fingerprint density at radius 2 is 1.77 bits per heavy atom. The Hall–Kier alpha value is -1.50. The summed E-state index contributed by atoms with van der Waals surface area (Å²) in [5.41, 5.74) is 1.16. The third-order valence-electron chi connectivity index (χ3n) is 3.19. The Balaban J connectivity index is 2.14. The second-order valence-corrected chi connectivity index (χ2v) is 6.72. The van der Waals surface area contributed by atoms with Crippen LogP contribution in [0.15, 0.2) is 34.4 Å². The van der Waals surface area contributed by atoms with E-state index in [1.165, 1.54) is 24.3 Å². The van der Waals surface area contributed by atoms with E-state index in [0.717, 1.165) is 5.70 Å². The molecule has 0 atom stereocenters. The van der Waals surface area contributed by atoms with Gasteiger partial charge in [-0.2, -0.15) is 0 Å². The molecule has 7 heteroatoms. The van der Waals surface area contributed by atoms with E-state index in [1.54, 1.807) is 0 Å². The van der Waals surface area contributed by atoms with Gasteiger partial charge in [-0.1, -0.05) is 13.8 Å². The number of benzene rings is 1. The van der Waals surface area contributed by atoms with Crippen molar-refractivity contribution in [2.75, 3.05) is 5.32 Å². The van der Waals surface area contributed by atoms with Crippen LogP contribution in [0, 0.1) is 5.41 Å². The highest BCUT2D eigenvalue weighted by molar-refractivity contribution is 9.12. The monoisotopic (exact) mass is 377 g/mol.